The smallest absolute Gasteiger partial charge is 0.134 e. The van der Waals surface area contributed by atoms with Gasteiger partial charge < -0.3 is 0 Å². The maximum absolute atomic E-state index is 15.1. The van der Waals surface area contributed by atoms with E-state index in [-0.39, 0.29) is 5.82 Å². The molecule has 4 rings (SSSR count). The number of nitrogens with zero attached hydrogens (tertiary/aromatic N) is 1. The van der Waals surface area contributed by atoms with E-state index in [9.17, 15) is 0 Å². The molecule has 0 N–H and O–H groups in total. The van der Waals surface area contributed by atoms with Gasteiger partial charge in [0.05, 0.1) is 11.6 Å². The van der Waals surface area contributed by atoms with Crippen LogP contribution in [-0.2, 0) is 12.8 Å². The molecule has 1 aliphatic rings. The molecule has 1 saturated carbocycles. The molecule has 1 fully saturated rings. The number of aryl methyl sites for hydroxylation is 2. The summed E-state index contributed by atoms with van der Waals surface area (Å²) in [6, 6.07) is 19.9. The summed E-state index contributed by atoms with van der Waals surface area (Å²) < 4.78 is 15.1. The predicted molar refractivity (Wildman–Crippen MR) is 117 cm³/mol. The molecule has 0 atom stereocenters. The van der Waals surface area contributed by atoms with Crippen molar-refractivity contribution in [2.45, 2.75) is 44.4 Å². The number of halogens is 1. The van der Waals surface area contributed by atoms with E-state index < -0.39 is 0 Å². The second kappa shape index (κ2) is 8.62. The Hall–Kier alpha value is -2.92. The van der Waals surface area contributed by atoms with Crippen molar-refractivity contribution >= 4 is 10.8 Å². The van der Waals surface area contributed by atoms with Crippen molar-refractivity contribution in [2.24, 2.45) is 5.92 Å². The molecule has 3 aromatic carbocycles. The summed E-state index contributed by atoms with van der Waals surface area (Å²) in [7, 11) is 0. The molecule has 0 unspecified atom stereocenters. The van der Waals surface area contributed by atoms with E-state index in [1.54, 1.807) is 0 Å². The van der Waals surface area contributed by atoms with Crippen LogP contribution in [0.1, 0.15) is 53.9 Å². The number of hydrogen-bond acceptors (Lipinski definition) is 1. The third-order valence-electron chi connectivity index (χ3n) is 6.40. The van der Waals surface area contributed by atoms with Crippen molar-refractivity contribution in [3.05, 3.63) is 95.3 Å². The lowest BCUT2D eigenvalue weighted by Crippen LogP contribution is -2.11. The molecule has 3 aromatic rings. The Labute approximate surface area is 172 Å². The van der Waals surface area contributed by atoms with Crippen LogP contribution in [0.4, 0.5) is 4.39 Å². The lowest BCUT2D eigenvalue weighted by molar-refractivity contribution is 0.376. The van der Waals surface area contributed by atoms with E-state index in [1.165, 1.54) is 31.2 Å². The van der Waals surface area contributed by atoms with E-state index in [0.717, 1.165) is 22.9 Å². The van der Waals surface area contributed by atoms with Gasteiger partial charge in [-0.15, -0.1) is 6.58 Å². The molecule has 146 valence electrons. The summed E-state index contributed by atoms with van der Waals surface area (Å²) in [5, 5.41) is 10.6. The highest BCUT2D eigenvalue weighted by Gasteiger charge is 2.21. The zero-order valence-electron chi connectivity index (χ0n) is 16.7. The largest absolute Gasteiger partial charge is 0.206 e. The van der Waals surface area contributed by atoms with Crippen LogP contribution in [0.25, 0.3) is 10.8 Å². The first kappa shape index (κ1) is 19.4. The molecule has 0 heterocycles. The maximum atomic E-state index is 15.1. The number of benzene rings is 3. The Morgan fingerprint density at radius 1 is 0.966 bits per heavy atom. The van der Waals surface area contributed by atoms with Crippen molar-refractivity contribution in [3.63, 3.8) is 0 Å². The molecule has 0 aromatic heterocycles. The van der Waals surface area contributed by atoms with Crippen LogP contribution >= 0.6 is 0 Å². The Morgan fingerprint density at radius 3 is 2.41 bits per heavy atom. The molecular formula is C27H26FN. The highest BCUT2D eigenvalue weighted by Crippen LogP contribution is 2.37. The fourth-order valence-electron chi connectivity index (χ4n) is 4.52. The third kappa shape index (κ3) is 4.25. The maximum Gasteiger partial charge on any atom is 0.134 e. The minimum atomic E-state index is -0.0990. The molecule has 2 heteroatoms. The lowest BCUT2D eigenvalue weighted by atomic mass is 9.78. The van der Waals surface area contributed by atoms with Crippen LogP contribution in [0.3, 0.4) is 0 Å². The second-order valence-electron chi connectivity index (χ2n) is 8.18. The lowest BCUT2D eigenvalue weighted by Gasteiger charge is -2.27. The van der Waals surface area contributed by atoms with Gasteiger partial charge in [-0.2, -0.15) is 5.26 Å². The minimum absolute atomic E-state index is 0.0990. The number of fused-ring (bicyclic) bond motifs is 1. The predicted octanol–water partition coefficient (Wildman–Crippen LogP) is 7.10. The Bertz CT molecular complexity index is 1050. The average Bonchev–Trinajstić information content (AvgIpc) is 2.79. The van der Waals surface area contributed by atoms with Crippen molar-refractivity contribution in [2.75, 3.05) is 0 Å². The van der Waals surface area contributed by atoms with E-state index in [0.29, 0.717) is 29.2 Å². The van der Waals surface area contributed by atoms with Crippen molar-refractivity contribution in [1.29, 1.82) is 5.26 Å². The summed E-state index contributed by atoms with van der Waals surface area (Å²) >= 11 is 0. The molecule has 0 saturated heterocycles. The summed E-state index contributed by atoms with van der Waals surface area (Å²) in [6.45, 7) is 3.93. The summed E-state index contributed by atoms with van der Waals surface area (Å²) in [5.74, 6) is 1.13. The van der Waals surface area contributed by atoms with Gasteiger partial charge in [0.15, 0.2) is 0 Å². The minimum Gasteiger partial charge on any atom is -0.206 e. The van der Waals surface area contributed by atoms with Gasteiger partial charge in [0.25, 0.3) is 0 Å². The third-order valence-corrected chi connectivity index (χ3v) is 6.40. The molecule has 0 radical (unpaired) electrons. The van der Waals surface area contributed by atoms with Gasteiger partial charge in [-0.1, -0.05) is 48.5 Å². The fourth-order valence-corrected chi connectivity index (χ4v) is 4.52. The highest BCUT2D eigenvalue weighted by molar-refractivity contribution is 5.84. The Balaban J connectivity index is 1.50. The van der Waals surface area contributed by atoms with Crippen LogP contribution in [0.15, 0.2) is 67.3 Å². The number of allylic oxidation sites excluding steroid dienone is 1. The van der Waals surface area contributed by atoms with Gasteiger partial charge in [0.1, 0.15) is 5.82 Å². The van der Waals surface area contributed by atoms with Crippen molar-refractivity contribution < 1.29 is 4.39 Å². The SMILES string of the molecule is C=CC1CCC(c2ccc3c(F)c(CCc4ccc(C#N)cc4)ccc3c2)CC1. The first-order valence-corrected chi connectivity index (χ1v) is 10.5. The van der Waals surface area contributed by atoms with Crippen molar-refractivity contribution in [3.8, 4) is 6.07 Å². The molecular weight excluding hydrogens is 357 g/mol. The molecule has 1 nitrogen and oxygen atoms in total. The second-order valence-corrected chi connectivity index (χ2v) is 8.18. The van der Waals surface area contributed by atoms with Gasteiger partial charge >= 0.3 is 0 Å². The van der Waals surface area contributed by atoms with E-state index in [1.807, 2.05) is 36.4 Å². The van der Waals surface area contributed by atoms with Crippen LogP contribution < -0.4 is 0 Å². The number of rotatable bonds is 5. The zero-order valence-corrected chi connectivity index (χ0v) is 16.7. The van der Waals surface area contributed by atoms with Gasteiger partial charge in [0, 0.05) is 5.39 Å². The monoisotopic (exact) mass is 383 g/mol. The molecule has 29 heavy (non-hydrogen) atoms. The van der Waals surface area contributed by atoms with Crippen LogP contribution in [0, 0.1) is 23.1 Å². The quantitative estimate of drug-likeness (QED) is 0.431. The number of nitriles is 1. The van der Waals surface area contributed by atoms with Crippen LogP contribution in [-0.4, -0.2) is 0 Å². The topological polar surface area (TPSA) is 23.8 Å². The molecule has 0 spiro atoms. The summed E-state index contributed by atoms with van der Waals surface area (Å²) in [5.41, 5.74) is 3.86. The molecule has 0 amide bonds. The van der Waals surface area contributed by atoms with Crippen LogP contribution in [0.2, 0.25) is 0 Å². The van der Waals surface area contributed by atoms with Gasteiger partial charge in [-0.05, 0) is 84.6 Å². The van der Waals surface area contributed by atoms with Gasteiger partial charge in [0.2, 0.25) is 0 Å². The van der Waals surface area contributed by atoms with Crippen LogP contribution in [0.5, 0.6) is 0 Å². The van der Waals surface area contributed by atoms with E-state index in [4.69, 9.17) is 5.26 Å². The number of hydrogen-bond donors (Lipinski definition) is 0. The normalized spacial score (nSPS) is 19.0. The molecule has 0 bridgehead atoms. The molecule has 0 aliphatic heterocycles. The highest BCUT2D eigenvalue weighted by atomic mass is 19.1. The van der Waals surface area contributed by atoms with E-state index >= 15 is 4.39 Å². The summed E-state index contributed by atoms with van der Waals surface area (Å²) in [4.78, 5) is 0. The Kier molecular flexibility index (Phi) is 5.76. The summed E-state index contributed by atoms with van der Waals surface area (Å²) in [6.07, 6.45) is 8.29. The molecule has 1 aliphatic carbocycles. The Morgan fingerprint density at radius 2 is 1.72 bits per heavy atom. The first-order chi connectivity index (χ1) is 14.2. The first-order valence-electron chi connectivity index (χ1n) is 10.5. The average molecular weight is 384 g/mol. The zero-order chi connectivity index (χ0) is 20.2. The van der Waals surface area contributed by atoms with E-state index in [2.05, 4.69) is 36.9 Å². The van der Waals surface area contributed by atoms with Gasteiger partial charge in [-0.25, -0.2) is 4.39 Å². The van der Waals surface area contributed by atoms with Gasteiger partial charge in [-0.3, -0.25) is 0 Å². The van der Waals surface area contributed by atoms with Crippen molar-refractivity contribution in [1.82, 2.24) is 0 Å². The fraction of sp³-hybridized carbons (Fsp3) is 0.296. The standard InChI is InChI=1S/C27H26FN/c1-2-19-7-10-22(11-8-19)24-15-16-26-25(17-24)14-13-23(27(26)28)12-9-20-3-5-21(18-29)6-4-20/h2-6,13-17,19,22H,1,7-12H2.